The summed E-state index contributed by atoms with van der Waals surface area (Å²) in [5.41, 5.74) is 2.45. The first-order valence-corrected chi connectivity index (χ1v) is 8.83. The van der Waals surface area contributed by atoms with Crippen LogP contribution in [0.4, 0.5) is 0 Å². The number of hydrogen-bond acceptors (Lipinski definition) is 4. The van der Waals surface area contributed by atoms with Gasteiger partial charge in [-0.25, -0.2) is 0 Å². The summed E-state index contributed by atoms with van der Waals surface area (Å²) in [6.45, 7) is -0.00530. The summed E-state index contributed by atoms with van der Waals surface area (Å²) in [5.74, 6) is -0.438. The highest BCUT2D eigenvalue weighted by Gasteiger charge is 2.14. The number of ether oxygens (including phenoxy) is 1. The molecule has 0 spiro atoms. The molecule has 5 nitrogen and oxygen atoms in total. The number of para-hydroxylation sites is 2. The van der Waals surface area contributed by atoms with Gasteiger partial charge in [-0.2, -0.15) is 5.26 Å². The van der Waals surface area contributed by atoms with Gasteiger partial charge in [0.15, 0.2) is 5.43 Å². The number of carbonyl (C=O) groups excluding carboxylic acids is 1. The Morgan fingerprint density at radius 1 is 0.893 bits per heavy atom. The van der Waals surface area contributed by atoms with Gasteiger partial charge in [-0.3, -0.25) is 9.59 Å². The van der Waals surface area contributed by atoms with Crippen molar-refractivity contribution >= 4 is 27.8 Å². The van der Waals surface area contributed by atoms with Gasteiger partial charge in [-0.15, -0.1) is 0 Å². The minimum Gasteiger partial charge on any atom is -0.459 e. The van der Waals surface area contributed by atoms with E-state index in [2.05, 4.69) is 6.07 Å². The second kappa shape index (κ2) is 7.37. The summed E-state index contributed by atoms with van der Waals surface area (Å²) in [5, 5.41) is 10.3. The van der Waals surface area contributed by atoms with Gasteiger partial charge in [-0.05, 0) is 30.3 Å². The Labute approximate surface area is 161 Å². The topological polar surface area (TPSA) is 72.1 Å². The highest BCUT2D eigenvalue weighted by Crippen LogP contribution is 2.19. The van der Waals surface area contributed by atoms with Crippen molar-refractivity contribution in [2.45, 2.75) is 13.2 Å². The van der Waals surface area contributed by atoms with Crippen LogP contribution in [0.2, 0.25) is 0 Å². The molecule has 0 atom stereocenters. The van der Waals surface area contributed by atoms with E-state index in [0.29, 0.717) is 32.9 Å². The molecule has 0 amide bonds. The standard InChI is InChI=1S/C23H16N2O3/c24-13-16-7-1-2-8-17(16)15-28-22(26)14-25-20-11-5-3-9-18(20)23(27)19-10-4-6-12-21(19)25/h1-12H,14-15H2. The molecule has 1 heterocycles. The van der Waals surface area contributed by atoms with Crippen molar-refractivity contribution in [3.63, 3.8) is 0 Å². The predicted octanol–water partition coefficient (Wildman–Crippen LogP) is 3.77. The van der Waals surface area contributed by atoms with Crippen molar-refractivity contribution in [1.29, 1.82) is 5.26 Å². The monoisotopic (exact) mass is 368 g/mol. The van der Waals surface area contributed by atoms with Gasteiger partial charge in [0.25, 0.3) is 0 Å². The smallest absolute Gasteiger partial charge is 0.326 e. The summed E-state index contributed by atoms with van der Waals surface area (Å²) in [4.78, 5) is 25.3. The minimum absolute atomic E-state index is 0.0264. The van der Waals surface area contributed by atoms with E-state index >= 15 is 0 Å². The van der Waals surface area contributed by atoms with Crippen molar-refractivity contribution in [3.8, 4) is 6.07 Å². The maximum Gasteiger partial charge on any atom is 0.326 e. The third-order valence-corrected chi connectivity index (χ3v) is 4.69. The second-order valence-corrected chi connectivity index (χ2v) is 6.38. The first-order valence-electron chi connectivity index (χ1n) is 8.83. The van der Waals surface area contributed by atoms with Gasteiger partial charge in [-0.1, -0.05) is 42.5 Å². The van der Waals surface area contributed by atoms with Crippen molar-refractivity contribution < 1.29 is 9.53 Å². The molecule has 0 saturated carbocycles. The van der Waals surface area contributed by atoms with Crippen LogP contribution in [0.5, 0.6) is 0 Å². The molecular formula is C23H16N2O3. The molecule has 0 unspecified atom stereocenters. The molecule has 0 aliphatic carbocycles. The van der Waals surface area contributed by atoms with Crippen LogP contribution in [-0.4, -0.2) is 10.5 Å². The third-order valence-electron chi connectivity index (χ3n) is 4.69. The SMILES string of the molecule is N#Cc1ccccc1COC(=O)Cn1c2ccccc2c(=O)c2ccccc21. The van der Waals surface area contributed by atoms with Gasteiger partial charge in [0.05, 0.1) is 22.7 Å². The fourth-order valence-corrected chi connectivity index (χ4v) is 3.34. The molecule has 0 radical (unpaired) electrons. The highest BCUT2D eigenvalue weighted by molar-refractivity contribution is 5.94. The van der Waals surface area contributed by atoms with Crippen LogP contribution >= 0.6 is 0 Å². The van der Waals surface area contributed by atoms with E-state index in [1.807, 2.05) is 24.3 Å². The summed E-state index contributed by atoms with van der Waals surface area (Å²) < 4.78 is 7.21. The van der Waals surface area contributed by atoms with E-state index < -0.39 is 5.97 Å². The summed E-state index contributed by atoms with van der Waals surface area (Å²) >= 11 is 0. The maximum atomic E-state index is 12.7. The molecule has 1 aromatic heterocycles. The lowest BCUT2D eigenvalue weighted by Crippen LogP contribution is -2.18. The van der Waals surface area contributed by atoms with E-state index in [0.717, 1.165) is 0 Å². The molecule has 4 rings (SSSR count). The fourth-order valence-electron chi connectivity index (χ4n) is 3.34. The zero-order chi connectivity index (χ0) is 19.5. The molecule has 5 heteroatoms. The van der Waals surface area contributed by atoms with Crippen molar-refractivity contribution in [1.82, 2.24) is 4.57 Å². The largest absolute Gasteiger partial charge is 0.459 e. The number of pyridine rings is 1. The van der Waals surface area contributed by atoms with Gasteiger partial charge in [0.2, 0.25) is 0 Å². The van der Waals surface area contributed by atoms with E-state index in [1.165, 1.54) is 0 Å². The van der Waals surface area contributed by atoms with Crippen molar-refractivity contribution in [2.24, 2.45) is 0 Å². The Balaban J connectivity index is 1.69. The van der Waals surface area contributed by atoms with Gasteiger partial charge in [0.1, 0.15) is 13.2 Å². The second-order valence-electron chi connectivity index (χ2n) is 6.38. The lowest BCUT2D eigenvalue weighted by Gasteiger charge is -2.15. The van der Waals surface area contributed by atoms with Crippen molar-refractivity contribution in [2.75, 3.05) is 0 Å². The molecule has 0 aliphatic heterocycles. The highest BCUT2D eigenvalue weighted by atomic mass is 16.5. The van der Waals surface area contributed by atoms with Crippen LogP contribution in [-0.2, 0) is 22.7 Å². The number of benzene rings is 3. The summed E-state index contributed by atoms with van der Waals surface area (Å²) in [6.07, 6.45) is 0. The number of fused-ring (bicyclic) bond motifs is 2. The van der Waals surface area contributed by atoms with Crippen LogP contribution in [0.25, 0.3) is 21.8 Å². The molecule has 0 aliphatic rings. The van der Waals surface area contributed by atoms with Gasteiger partial charge >= 0.3 is 5.97 Å². The fraction of sp³-hybridized carbons (Fsp3) is 0.0870. The average molecular weight is 368 g/mol. The molecule has 0 saturated heterocycles. The third kappa shape index (κ3) is 3.12. The van der Waals surface area contributed by atoms with Crippen LogP contribution in [0.3, 0.4) is 0 Å². The molecule has 0 bridgehead atoms. The Kier molecular flexibility index (Phi) is 4.61. The van der Waals surface area contributed by atoms with E-state index in [-0.39, 0.29) is 18.6 Å². The molecule has 136 valence electrons. The van der Waals surface area contributed by atoms with E-state index in [4.69, 9.17) is 10.00 Å². The lowest BCUT2D eigenvalue weighted by atomic mass is 10.1. The molecular weight excluding hydrogens is 352 g/mol. The number of aromatic nitrogens is 1. The number of nitriles is 1. The van der Waals surface area contributed by atoms with E-state index in [9.17, 15) is 9.59 Å². The number of nitrogens with zero attached hydrogens (tertiary/aromatic N) is 2. The van der Waals surface area contributed by atoms with Crippen LogP contribution < -0.4 is 5.43 Å². The molecule has 3 aromatic carbocycles. The van der Waals surface area contributed by atoms with Crippen molar-refractivity contribution in [3.05, 3.63) is 94.1 Å². The van der Waals surface area contributed by atoms with E-state index in [1.54, 1.807) is 53.1 Å². The first-order chi connectivity index (χ1) is 13.7. The summed E-state index contributed by atoms with van der Waals surface area (Å²) in [6, 6.07) is 23.5. The normalized spacial score (nSPS) is 10.7. The number of hydrogen-bond donors (Lipinski definition) is 0. The Bertz CT molecular complexity index is 1240. The zero-order valence-corrected chi connectivity index (χ0v) is 15.0. The Hall–Kier alpha value is -3.91. The maximum absolute atomic E-state index is 12.7. The van der Waals surface area contributed by atoms with Gasteiger partial charge in [0, 0.05) is 16.3 Å². The Morgan fingerprint density at radius 3 is 2.11 bits per heavy atom. The molecule has 0 N–H and O–H groups in total. The molecule has 4 aromatic rings. The predicted molar refractivity (Wildman–Crippen MR) is 107 cm³/mol. The summed E-state index contributed by atoms with van der Waals surface area (Å²) in [7, 11) is 0. The Morgan fingerprint density at radius 2 is 1.46 bits per heavy atom. The average Bonchev–Trinajstić information content (AvgIpc) is 2.75. The van der Waals surface area contributed by atoms with Crippen LogP contribution in [0, 0.1) is 11.3 Å². The van der Waals surface area contributed by atoms with Crippen LogP contribution in [0.15, 0.2) is 77.6 Å². The molecule has 0 fully saturated rings. The van der Waals surface area contributed by atoms with Gasteiger partial charge < -0.3 is 9.30 Å². The molecule has 28 heavy (non-hydrogen) atoms. The zero-order valence-electron chi connectivity index (χ0n) is 15.0. The quantitative estimate of drug-likeness (QED) is 0.406. The number of esters is 1. The van der Waals surface area contributed by atoms with Crippen LogP contribution in [0.1, 0.15) is 11.1 Å². The number of carbonyl (C=O) groups is 1. The lowest BCUT2D eigenvalue weighted by molar-refractivity contribution is -0.145. The first kappa shape index (κ1) is 17.5. The minimum atomic E-state index is -0.438. The number of rotatable bonds is 4.